The van der Waals surface area contributed by atoms with Gasteiger partial charge in [-0.1, -0.05) is 38.1 Å². The quantitative estimate of drug-likeness (QED) is 0.885. The second-order valence-corrected chi connectivity index (χ2v) is 4.33. The zero-order valence-electron chi connectivity index (χ0n) is 10.2. The second kappa shape index (κ2) is 4.95. The molecule has 0 radical (unpaired) electrons. The van der Waals surface area contributed by atoms with Gasteiger partial charge >= 0.3 is 5.97 Å². The minimum absolute atomic E-state index is 0.242. The van der Waals surface area contributed by atoms with Crippen molar-refractivity contribution in [3.8, 4) is 11.4 Å². The number of aliphatic carboxylic acids is 1. The number of hydrogen-bond acceptors (Lipinski definition) is 4. The lowest BCUT2D eigenvalue weighted by molar-refractivity contribution is -0.137. The minimum atomic E-state index is -0.970. The fraction of sp³-hybridized carbons (Fsp3) is 0.333. The summed E-state index contributed by atoms with van der Waals surface area (Å²) < 4.78 is 1.27. The third-order valence-corrected chi connectivity index (χ3v) is 2.65. The highest BCUT2D eigenvalue weighted by Crippen LogP contribution is 2.20. The number of aromatic nitrogens is 4. The molecule has 18 heavy (non-hydrogen) atoms. The maximum Gasteiger partial charge on any atom is 0.325 e. The van der Waals surface area contributed by atoms with Crippen molar-refractivity contribution >= 4 is 5.97 Å². The number of benzene rings is 1. The molecule has 0 spiro atoms. The topological polar surface area (TPSA) is 80.9 Å². The van der Waals surface area contributed by atoms with Crippen LogP contribution >= 0.6 is 0 Å². The van der Waals surface area contributed by atoms with Gasteiger partial charge in [0.05, 0.1) is 0 Å². The van der Waals surface area contributed by atoms with Crippen molar-refractivity contribution in [2.24, 2.45) is 0 Å². The highest BCUT2D eigenvalue weighted by molar-refractivity contribution is 5.67. The maximum atomic E-state index is 10.7. The number of carboxylic acids is 1. The van der Waals surface area contributed by atoms with Crippen LogP contribution in [0.25, 0.3) is 11.4 Å². The smallest absolute Gasteiger partial charge is 0.325 e. The molecule has 0 atom stereocenters. The lowest BCUT2D eigenvalue weighted by atomic mass is 10.0. The van der Waals surface area contributed by atoms with Crippen molar-refractivity contribution in [3.63, 3.8) is 0 Å². The largest absolute Gasteiger partial charge is 0.480 e. The molecule has 0 aliphatic heterocycles. The number of carboxylic acid groups (broad SMARTS) is 1. The van der Waals surface area contributed by atoms with Gasteiger partial charge in [-0.3, -0.25) is 4.79 Å². The molecule has 0 unspecified atom stereocenters. The molecule has 0 fully saturated rings. The predicted molar refractivity (Wildman–Crippen MR) is 65.0 cm³/mol. The molecule has 1 aromatic carbocycles. The molecular formula is C12H14N4O2. The third-order valence-electron chi connectivity index (χ3n) is 2.65. The van der Waals surface area contributed by atoms with Gasteiger partial charge in [0.25, 0.3) is 0 Å². The monoisotopic (exact) mass is 246 g/mol. The van der Waals surface area contributed by atoms with E-state index in [1.54, 1.807) is 0 Å². The van der Waals surface area contributed by atoms with Gasteiger partial charge in [0.15, 0.2) is 5.82 Å². The van der Waals surface area contributed by atoms with Crippen LogP contribution in [-0.4, -0.2) is 31.3 Å². The highest BCUT2D eigenvalue weighted by atomic mass is 16.4. The molecule has 1 aromatic heterocycles. The molecule has 94 valence electrons. The van der Waals surface area contributed by atoms with E-state index < -0.39 is 5.97 Å². The van der Waals surface area contributed by atoms with E-state index >= 15 is 0 Å². The summed E-state index contributed by atoms with van der Waals surface area (Å²) in [7, 11) is 0. The Morgan fingerprint density at radius 2 is 2.00 bits per heavy atom. The first-order valence-electron chi connectivity index (χ1n) is 5.66. The lowest BCUT2D eigenvalue weighted by Crippen LogP contribution is -2.11. The van der Waals surface area contributed by atoms with E-state index in [1.807, 2.05) is 24.3 Å². The Morgan fingerprint density at radius 3 is 2.56 bits per heavy atom. The van der Waals surface area contributed by atoms with Gasteiger partial charge < -0.3 is 5.11 Å². The van der Waals surface area contributed by atoms with E-state index in [0.717, 1.165) is 5.56 Å². The number of rotatable bonds is 4. The summed E-state index contributed by atoms with van der Waals surface area (Å²) in [6.45, 7) is 3.99. The molecule has 0 bridgehead atoms. The molecule has 6 nitrogen and oxygen atoms in total. The van der Waals surface area contributed by atoms with Gasteiger partial charge in [0.2, 0.25) is 0 Å². The normalized spacial score (nSPS) is 10.8. The molecule has 1 N–H and O–H groups in total. The van der Waals surface area contributed by atoms with Crippen molar-refractivity contribution in [1.29, 1.82) is 0 Å². The summed E-state index contributed by atoms with van der Waals surface area (Å²) in [6, 6.07) is 7.80. The number of nitrogens with zero attached hydrogens (tertiary/aromatic N) is 4. The first-order chi connectivity index (χ1) is 8.58. The summed E-state index contributed by atoms with van der Waals surface area (Å²) in [5.74, 6) is -0.0517. The SMILES string of the molecule is CC(C)c1ccc(-c2nnnn2CC(=O)O)cc1. The summed E-state index contributed by atoms with van der Waals surface area (Å²) >= 11 is 0. The van der Waals surface area contributed by atoms with E-state index in [4.69, 9.17) is 5.11 Å². The molecule has 0 aliphatic carbocycles. The summed E-state index contributed by atoms with van der Waals surface area (Å²) in [6.07, 6.45) is 0. The molecular weight excluding hydrogens is 232 g/mol. The Bertz CT molecular complexity index is 545. The van der Waals surface area contributed by atoms with Crippen LogP contribution < -0.4 is 0 Å². The molecule has 0 amide bonds. The van der Waals surface area contributed by atoms with Crippen LogP contribution in [0.1, 0.15) is 25.3 Å². The zero-order valence-corrected chi connectivity index (χ0v) is 10.2. The van der Waals surface area contributed by atoms with Crippen molar-refractivity contribution in [3.05, 3.63) is 29.8 Å². The van der Waals surface area contributed by atoms with Crippen LogP contribution in [0.15, 0.2) is 24.3 Å². The molecule has 0 saturated heterocycles. The van der Waals surface area contributed by atoms with E-state index in [-0.39, 0.29) is 6.54 Å². The summed E-state index contributed by atoms with van der Waals surface area (Å²) in [5.41, 5.74) is 2.03. The first-order valence-corrected chi connectivity index (χ1v) is 5.66. The average Bonchev–Trinajstić information content (AvgIpc) is 2.76. The Morgan fingerprint density at radius 1 is 1.33 bits per heavy atom. The van der Waals surface area contributed by atoms with Crippen LogP contribution in [0.3, 0.4) is 0 Å². The van der Waals surface area contributed by atoms with Gasteiger partial charge in [0, 0.05) is 5.56 Å². The van der Waals surface area contributed by atoms with Gasteiger partial charge in [-0.2, -0.15) is 0 Å². The lowest BCUT2D eigenvalue weighted by Gasteiger charge is -2.06. The van der Waals surface area contributed by atoms with Crippen LogP contribution in [-0.2, 0) is 11.3 Å². The predicted octanol–water partition coefficient (Wildman–Crippen LogP) is 1.55. The molecule has 2 rings (SSSR count). The van der Waals surface area contributed by atoms with Crippen molar-refractivity contribution in [2.45, 2.75) is 26.3 Å². The molecule has 0 saturated carbocycles. The summed E-state index contributed by atoms with van der Waals surface area (Å²) in [4.78, 5) is 10.7. The van der Waals surface area contributed by atoms with Crippen LogP contribution in [0.5, 0.6) is 0 Å². The van der Waals surface area contributed by atoms with E-state index in [0.29, 0.717) is 11.7 Å². The van der Waals surface area contributed by atoms with E-state index in [1.165, 1.54) is 10.2 Å². The Labute approximate surface area is 104 Å². The van der Waals surface area contributed by atoms with Crippen molar-refractivity contribution < 1.29 is 9.90 Å². The maximum absolute atomic E-state index is 10.7. The van der Waals surface area contributed by atoms with Crippen molar-refractivity contribution in [2.75, 3.05) is 0 Å². The zero-order chi connectivity index (χ0) is 13.1. The summed E-state index contributed by atoms with van der Waals surface area (Å²) in [5, 5.41) is 19.8. The number of tetrazole rings is 1. The highest BCUT2D eigenvalue weighted by Gasteiger charge is 2.11. The van der Waals surface area contributed by atoms with E-state index in [2.05, 4.69) is 29.4 Å². The van der Waals surface area contributed by atoms with Crippen LogP contribution in [0.2, 0.25) is 0 Å². The van der Waals surface area contributed by atoms with Gasteiger partial charge in [0.1, 0.15) is 6.54 Å². The Hall–Kier alpha value is -2.24. The van der Waals surface area contributed by atoms with Gasteiger partial charge in [-0.15, -0.1) is 5.10 Å². The average molecular weight is 246 g/mol. The fourth-order valence-electron chi connectivity index (χ4n) is 1.66. The molecule has 1 heterocycles. The molecule has 2 aromatic rings. The number of hydrogen-bond donors (Lipinski definition) is 1. The fourth-order valence-corrected chi connectivity index (χ4v) is 1.66. The second-order valence-electron chi connectivity index (χ2n) is 4.33. The third kappa shape index (κ3) is 2.53. The standard InChI is InChI=1S/C12H14N4O2/c1-8(2)9-3-5-10(6-4-9)12-13-14-15-16(12)7-11(17)18/h3-6,8H,7H2,1-2H3,(H,17,18). The Balaban J connectivity index is 2.31. The number of carbonyl (C=O) groups is 1. The van der Waals surface area contributed by atoms with Gasteiger partial charge in [-0.25, -0.2) is 4.68 Å². The van der Waals surface area contributed by atoms with Gasteiger partial charge in [-0.05, 0) is 21.9 Å². The van der Waals surface area contributed by atoms with Crippen molar-refractivity contribution in [1.82, 2.24) is 20.2 Å². The van der Waals surface area contributed by atoms with E-state index in [9.17, 15) is 4.79 Å². The molecule has 0 aliphatic rings. The van der Waals surface area contributed by atoms with Crippen LogP contribution in [0, 0.1) is 0 Å². The Kier molecular flexibility index (Phi) is 3.36. The minimum Gasteiger partial charge on any atom is -0.480 e. The molecule has 6 heteroatoms. The van der Waals surface area contributed by atoms with Crippen LogP contribution in [0.4, 0.5) is 0 Å². The first kappa shape index (κ1) is 12.2.